The van der Waals surface area contributed by atoms with Gasteiger partial charge in [0.05, 0.1) is 11.6 Å². The Balaban J connectivity index is 2.43. The van der Waals surface area contributed by atoms with Crippen LogP contribution in [0.3, 0.4) is 0 Å². The lowest BCUT2D eigenvalue weighted by atomic mass is 10.1. The van der Waals surface area contributed by atoms with E-state index in [1.165, 1.54) is 12.1 Å². The standard InChI is InChI=1S/C11H13ClFNO2/c1-7(11(14)15)16-5-4-8-2-3-10(13)9(12)6-8/h2-3,6-7H,4-5H2,1H3,(H2,14,15)/t7-/m0/s1. The van der Waals surface area contributed by atoms with Crippen molar-refractivity contribution in [2.45, 2.75) is 19.4 Å². The lowest BCUT2D eigenvalue weighted by Gasteiger charge is -2.09. The first-order valence-corrected chi connectivity index (χ1v) is 5.23. The summed E-state index contributed by atoms with van der Waals surface area (Å²) in [6.45, 7) is 1.92. The molecule has 1 atom stereocenters. The summed E-state index contributed by atoms with van der Waals surface area (Å²) >= 11 is 5.62. The SMILES string of the molecule is C[C@H](OCCc1ccc(F)c(Cl)c1)C(N)=O. The van der Waals surface area contributed by atoms with Crippen molar-refractivity contribution >= 4 is 17.5 Å². The van der Waals surface area contributed by atoms with Gasteiger partial charge >= 0.3 is 0 Å². The molecule has 1 aromatic carbocycles. The summed E-state index contributed by atoms with van der Waals surface area (Å²) in [6.07, 6.45) is -0.0617. The van der Waals surface area contributed by atoms with Gasteiger partial charge in [0.2, 0.25) is 5.91 Å². The van der Waals surface area contributed by atoms with E-state index in [1.54, 1.807) is 13.0 Å². The number of primary amides is 1. The average Bonchev–Trinajstić information content (AvgIpc) is 2.23. The van der Waals surface area contributed by atoms with E-state index in [4.69, 9.17) is 22.1 Å². The van der Waals surface area contributed by atoms with Gasteiger partial charge in [-0.3, -0.25) is 4.79 Å². The molecule has 0 aliphatic heterocycles. The van der Waals surface area contributed by atoms with Gasteiger partial charge in [-0.25, -0.2) is 4.39 Å². The van der Waals surface area contributed by atoms with Gasteiger partial charge in [-0.2, -0.15) is 0 Å². The summed E-state index contributed by atoms with van der Waals surface area (Å²) in [7, 11) is 0. The Labute approximate surface area is 98.3 Å². The monoisotopic (exact) mass is 245 g/mol. The lowest BCUT2D eigenvalue weighted by Crippen LogP contribution is -2.28. The van der Waals surface area contributed by atoms with Crippen molar-refractivity contribution in [3.8, 4) is 0 Å². The zero-order chi connectivity index (χ0) is 12.1. The van der Waals surface area contributed by atoms with Gasteiger partial charge in [0.25, 0.3) is 0 Å². The van der Waals surface area contributed by atoms with Crippen LogP contribution >= 0.6 is 11.6 Å². The van der Waals surface area contributed by atoms with Crippen molar-refractivity contribution < 1.29 is 13.9 Å². The molecule has 0 heterocycles. The summed E-state index contributed by atoms with van der Waals surface area (Å²) in [5.41, 5.74) is 5.87. The molecule has 1 amide bonds. The number of benzene rings is 1. The second kappa shape index (κ2) is 5.82. The number of hydrogen-bond donors (Lipinski definition) is 1. The Bertz CT molecular complexity index is 384. The van der Waals surface area contributed by atoms with Crippen LogP contribution in [0, 0.1) is 5.82 Å². The highest BCUT2D eigenvalue weighted by atomic mass is 35.5. The van der Waals surface area contributed by atoms with Crippen LogP contribution in [0.5, 0.6) is 0 Å². The minimum absolute atomic E-state index is 0.0837. The molecule has 5 heteroatoms. The van der Waals surface area contributed by atoms with Crippen LogP contribution in [-0.4, -0.2) is 18.6 Å². The molecule has 1 rings (SSSR count). The first-order chi connectivity index (χ1) is 7.50. The van der Waals surface area contributed by atoms with Crippen LogP contribution in [0.25, 0.3) is 0 Å². The van der Waals surface area contributed by atoms with Crippen LogP contribution in [0.4, 0.5) is 4.39 Å². The van der Waals surface area contributed by atoms with Gasteiger partial charge in [-0.05, 0) is 31.0 Å². The van der Waals surface area contributed by atoms with Crippen molar-refractivity contribution in [2.24, 2.45) is 5.73 Å². The average molecular weight is 246 g/mol. The highest BCUT2D eigenvalue weighted by molar-refractivity contribution is 6.30. The smallest absolute Gasteiger partial charge is 0.246 e. The maximum absolute atomic E-state index is 12.8. The normalized spacial score (nSPS) is 12.4. The predicted octanol–water partition coefficient (Wildman–Crippen LogP) is 1.91. The number of carbonyl (C=O) groups is 1. The van der Waals surface area contributed by atoms with Gasteiger partial charge in [-0.1, -0.05) is 17.7 Å². The van der Waals surface area contributed by atoms with Crippen molar-refractivity contribution in [1.29, 1.82) is 0 Å². The number of nitrogens with two attached hydrogens (primary N) is 1. The summed E-state index contributed by atoms with van der Waals surface area (Å²) in [5.74, 6) is -0.950. The molecule has 16 heavy (non-hydrogen) atoms. The van der Waals surface area contributed by atoms with Gasteiger partial charge in [-0.15, -0.1) is 0 Å². The van der Waals surface area contributed by atoms with E-state index in [0.717, 1.165) is 5.56 Å². The summed E-state index contributed by atoms with van der Waals surface area (Å²) in [4.78, 5) is 10.7. The Morgan fingerprint density at radius 1 is 1.62 bits per heavy atom. The minimum Gasteiger partial charge on any atom is -0.368 e. The number of hydrogen-bond acceptors (Lipinski definition) is 2. The highest BCUT2D eigenvalue weighted by Gasteiger charge is 2.08. The van der Waals surface area contributed by atoms with Crippen LogP contribution in [0.2, 0.25) is 5.02 Å². The molecule has 0 bridgehead atoms. The molecule has 0 spiro atoms. The topological polar surface area (TPSA) is 52.3 Å². The van der Waals surface area contributed by atoms with Crippen molar-refractivity contribution in [1.82, 2.24) is 0 Å². The lowest BCUT2D eigenvalue weighted by molar-refractivity contribution is -0.128. The summed E-state index contributed by atoms with van der Waals surface area (Å²) in [6, 6.07) is 4.46. The van der Waals surface area contributed by atoms with Gasteiger partial charge in [0.1, 0.15) is 11.9 Å². The van der Waals surface area contributed by atoms with Crippen molar-refractivity contribution in [3.05, 3.63) is 34.6 Å². The molecular formula is C11H13ClFNO2. The maximum Gasteiger partial charge on any atom is 0.246 e. The Kier molecular flexibility index (Phi) is 4.71. The maximum atomic E-state index is 12.8. The van der Waals surface area contributed by atoms with Gasteiger partial charge < -0.3 is 10.5 Å². The van der Waals surface area contributed by atoms with E-state index in [0.29, 0.717) is 13.0 Å². The van der Waals surface area contributed by atoms with Crippen LogP contribution in [0.1, 0.15) is 12.5 Å². The molecule has 88 valence electrons. The molecule has 1 aromatic rings. The van der Waals surface area contributed by atoms with Crippen LogP contribution in [0.15, 0.2) is 18.2 Å². The summed E-state index contributed by atoms with van der Waals surface area (Å²) < 4.78 is 18.0. The molecular weight excluding hydrogens is 233 g/mol. The van der Waals surface area contributed by atoms with E-state index < -0.39 is 17.8 Å². The molecule has 2 N–H and O–H groups in total. The van der Waals surface area contributed by atoms with Crippen LogP contribution in [-0.2, 0) is 16.0 Å². The number of rotatable bonds is 5. The fraction of sp³-hybridized carbons (Fsp3) is 0.364. The molecule has 0 unspecified atom stereocenters. The number of carbonyl (C=O) groups excluding carboxylic acids is 1. The van der Waals surface area contributed by atoms with Crippen LogP contribution < -0.4 is 5.73 Å². The molecule has 0 radical (unpaired) electrons. The first-order valence-electron chi connectivity index (χ1n) is 4.85. The highest BCUT2D eigenvalue weighted by Crippen LogP contribution is 2.16. The third kappa shape index (κ3) is 3.79. The summed E-state index contributed by atoms with van der Waals surface area (Å²) in [5, 5.41) is 0.0837. The zero-order valence-electron chi connectivity index (χ0n) is 8.87. The Morgan fingerprint density at radius 3 is 2.88 bits per heavy atom. The Hall–Kier alpha value is -1.13. The fourth-order valence-corrected chi connectivity index (χ4v) is 1.33. The minimum atomic E-state index is -0.615. The van der Waals surface area contributed by atoms with E-state index in [1.807, 2.05) is 0 Å². The quantitative estimate of drug-likeness (QED) is 0.862. The Morgan fingerprint density at radius 2 is 2.31 bits per heavy atom. The third-order valence-corrected chi connectivity index (χ3v) is 2.43. The zero-order valence-corrected chi connectivity index (χ0v) is 9.63. The second-order valence-electron chi connectivity index (χ2n) is 3.41. The molecule has 0 saturated carbocycles. The predicted molar refractivity (Wildman–Crippen MR) is 59.7 cm³/mol. The second-order valence-corrected chi connectivity index (χ2v) is 3.82. The van der Waals surface area contributed by atoms with E-state index in [9.17, 15) is 9.18 Å². The number of ether oxygens (including phenoxy) is 1. The van der Waals surface area contributed by atoms with E-state index >= 15 is 0 Å². The number of halogens is 2. The molecule has 0 aromatic heterocycles. The fourth-order valence-electron chi connectivity index (χ4n) is 1.13. The molecule has 3 nitrogen and oxygen atoms in total. The third-order valence-electron chi connectivity index (χ3n) is 2.14. The van der Waals surface area contributed by atoms with Crippen molar-refractivity contribution in [3.63, 3.8) is 0 Å². The van der Waals surface area contributed by atoms with Gasteiger partial charge in [0.15, 0.2) is 0 Å². The largest absolute Gasteiger partial charge is 0.368 e. The molecule has 0 aliphatic carbocycles. The molecule has 0 fully saturated rings. The van der Waals surface area contributed by atoms with Gasteiger partial charge in [0, 0.05) is 0 Å². The van der Waals surface area contributed by atoms with E-state index in [2.05, 4.69) is 0 Å². The van der Waals surface area contributed by atoms with Crippen molar-refractivity contribution in [2.75, 3.05) is 6.61 Å². The number of amides is 1. The first kappa shape index (κ1) is 12.9. The molecule has 0 saturated heterocycles. The van der Waals surface area contributed by atoms with E-state index in [-0.39, 0.29) is 5.02 Å². The molecule has 0 aliphatic rings.